The lowest BCUT2D eigenvalue weighted by atomic mass is 10.1. The molecule has 2 N–H and O–H groups in total. The molecule has 0 unspecified atom stereocenters. The second-order valence-corrected chi connectivity index (χ2v) is 5.99. The van der Waals surface area contributed by atoms with Crippen molar-refractivity contribution in [1.82, 2.24) is 0 Å². The van der Waals surface area contributed by atoms with Crippen LogP contribution in [0.15, 0.2) is 28.7 Å². The fourth-order valence-corrected chi connectivity index (χ4v) is 2.54. The van der Waals surface area contributed by atoms with E-state index in [0.717, 1.165) is 6.07 Å². The molecule has 21 heavy (non-hydrogen) atoms. The molecule has 0 aliphatic carbocycles. The third kappa shape index (κ3) is 3.54. The molecule has 0 aromatic heterocycles. The van der Waals surface area contributed by atoms with E-state index in [1.807, 2.05) is 0 Å². The van der Waals surface area contributed by atoms with E-state index in [4.69, 9.17) is 22.1 Å². The third-order valence-electron chi connectivity index (χ3n) is 2.98. The Morgan fingerprint density at radius 1 is 1.14 bits per heavy atom. The van der Waals surface area contributed by atoms with Crippen molar-refractivity contribution in [1.29, 1.82) is 0 Å². The predicted molar refractivity (Wildman–Crippen MR) is 82.9 cm³/mol. The van der Waals surface area contributed by atoms with Crippen molar-refractivity contribution >= 4 is 27.5 Å². The zero-order chi connectivity index (χ0) is 15.7. The zero-order valence-corrected chi connectivity index (χ0v) is 13.7. The fraction of sp³-hybridized carbons (Fsp3) is 0.200. The van der Waals surface area contributed by atoms with Gasteiger partial charge in [-0.2, -0.15) is 0 Å². The Balaban J connectivity index is 2.48. The van der Waals surface area contributed by atoms with E-state index in [0.29, 0.717) is 21.3 Å². The highest BCUT2D eigenvalue weighted by Crippen LogP contribution is 2.37. The van der Waals surface area contributed by atoms with Gasteiger partial charge in [0.1, 0.15) is 23.1 Å². The van der Waals surface area contributed by atoms with Crippen molar-refractivity contribution < 1.29 is 13.5 Å². The summed E-state index contributed by atoms with van der Waals surface area (Å²) in [7, 11) is 0. The van der Waals surface area contributed by atoms with Gasteiger partial charge < -0.3 is 10.5 Å². The number of aryl methyl sites for hydroxylation is 1. The van der Waals surface area contributed by atoms with Gasteiger partial charge in [-0.3, -0.25) is 0 Å². The molecule has 112 valence electrons. The highest BCUT2D eigenvalue weighted by Gasteiger charge is 2.15. The SMILES string of the molecule is Cc1cc(Oc2cc(F)c(Cl)cc2Br)c([C@H](C)N)cc1F. The first kappa shape index (κ1) is 16.2. The molecule has 0 bridgehead atoms. The normalized spacial score (nSPS) is 12.3. The minimum atomic E-state index is -0.601. The van der Waals surface area contributed by atoms with Gasteiger partial charge in [0.25, 0.3) is 0 Å². The molecule has 2 aromatic carbocycles. The smallest absolute Gasteiger partial charge is 0.145 e. The number of benzene rings is 2. The van der Waals surface area contributed by atoms with Crippen molar-refractivity contribution in [3.05, 3.63) is 56.5 Å². The summed E-state index contributed by atoms with van der Waals surface area (Å²) in [6.45, 7) is 3.33. The van der Waals surface area contributed by atoms with Crippen LogP contribution in [-0.4, -0.2) is 0 Å². The van der Waals surface area contributed by atoms with Crippen LogP contribution >= 0.6 is 27.5 Å². The van der Waals surface area contributed by atoms with Crippen LogP contribution < -0.4 is 10.5 Å². The lowest BCUT2D eigenvalue weighted by molar-refractivity contribution is 0.460. The van der Waals surface area contributed by atoms with Crippen LogP contribution in [0.2, 0.25) is 5.02 Å². The summed E-state index contributed by atoms with van der Waals surface area (Å²) in [5.74, 6) is -0.344. The molecule has 0 fully saturated rings. The van der Waals surface area contributed by atoms with Crippen LogP contribution in [0.4, 0.5) is 8.78 Å². The molecule has 2 rings (SSSR count). The summed E-state index contributed by atoms with van der Waals surface area (Å²) in [4.78, 5) is 0. The van der Waals surface area contributed by atoms with Crippen molar-refractivity contribution in [2.75, 3.05) is 0 Å². The Bertz CT molecular complexity index is 692. The average Bonchev–Trinajstić information content (AvgIpc) is 2.39. The summed E-state index contributed by atoms with van der Waals surface area (Å²) in [5.41, 5.74) is 6.74. The molecular formula is C15H13BrClF2NO. The van der Waals surface area contributed by atoms with Crippen LogP contribution in [-0.2, 0) is 0 Å². The topological polar surface area (TPSA) is 35.2 Å². The lowest BCUT2D eigenvalue weighted by Gasteiger charge is -2.16. The molecule has 0 spiro atoms. The van der Waals surface area contributed by atoms with Gasteiger partial charge in [-0.15, -0.1) is 0 Å². The monoisotopic (exact) mass is 375 g/mol. The molecular weight excluding hydrogens is 364 g/mol. The Morgan fingerprint density at radius 3 is 2.43 bits per heavy atom. The zero-order valence-electron chi connectivity index (χ0n) is 11.4. The lowest BCUT2D eigenvalue weighted by Crippen LogP contribution is -2.08. The van der Waals surface area contributed by atoms with Crippen molar-refractivity contribution in [2.24, 2.45) is 5.73 Å². The molecule has 0 aliphatic heterocycles. The van der Waals surface area contributed by atoms with E-state index >= 15 is 0 Å². The van der Waals surface area contributed by atoms with E-state index in [2.05, 4.69) is 15.9 Å². The Hall–Kier alpha value is -1.17. The average molecular weight is 377 g/mol. The number of hydrogen-bond donors (Lipinski definition) is 1. The van der Waals surface area contributed by atoms with Gasteiger partial charge >= 0.3 is 0 Å². The summed E-state index contributed by atoms with van der Waals surface area (Å²) >= 11 is 8.94. The van der Waals surface area contributed by atoms with Crippen molar-refractivity contribution in [3.63, 3.8) is 0 Å². The standard InChI is InChI=1S/C15H13BrClF2NO/c1-7-3-14(9(8(2)20)4-12(7)18)21-15-6-13(19)11(17)5-10(15)16/h3-6,8H,20H2,1-2H3/t8-/m0/s1. The molecule has 0 saturated heterocycles. The van der Waals surface area contributed by atoms with Crippen LogP contribution in [0.5, 0.6) is 11.5 Å². The Morgan fingerprint density at radius 2 is 1.81 bits per heavy atom. The molecule has 0 heterocycles. The number of ether oxygens (including phenoxy) is 1. The first-order chi connectivity index (χ1) is 9.79. The van der Waals surface area contributed by atoms with Gasteiger partial charge in [0.05, 0.1) is 9.50 Å². The highest BCUT2D eigenvalue weighted by atomic mass is 79.9. The van der Waals surface area contributed by atoms with Gasteiger partial charge in [0.15, 0.2) is 0 Å². The Kier molecular flexibility index (Phi) is 4.86. The maximum absolute atomic E-state index is 13.7. The molecule has 2 nitrogen and oxygen atoms in total. The van der Waals surface area contributed by atoms with Crippen LogP contribution in [0, 0.1) is 18.6 Å². The van der Waals surface area contributed by atoms with Crippen LogP contribution in [0.1, 0.15) is 24.1 Å². The van der Waals surface area contributed by atoms with E-state index in [1.54, 1.807) is 13.8 Å². The summed E-state index contributed by atoms with van der Waals surface area (Å²) in [5, 5.41) is -0.0167. The van der Waals surface area contributed by atoms with Crippen molar-refractivity contribution in [2.45, 2.75) is 19.9 Å². The second kappa shape index (κ2) is 6.30. The molecule has 0 amide bonds. The predicted octanol–water partition coefficient (Wildman–Crippen LogP) is 5.50. The number of rotatable bonds is 3. The van der Waals surface area contributed by atoms with E-state index in [-0.39, 0.29) is 16.6 Å². The highest BCUT2D eigenvalue weighted by molar-refractivity contribution is 9.10. The van der Waals surface area contributed by atoms with Crippen molar-refractivity contribution in [3.8, 4) is 11.5 Å². The van der Waals surface area contributed by atoms with E-state index in [9.17, 15) is 8.78 Å². The number of nitrogens with two attached hydrogens (primary N) is 1. The molecule has 0 saturated carbocycles. The van der Waals surface area contributed by atoms with Gasteiger partial charge in [-0.25, -0.2) is 8.78 Å². The number of halogens is 4. The van der Waals surface area contributed by atoms with Crippen LogP contribution in [0.3, 0.4) is 0 Å². The molecule has 6 heteroatoms. The minimum Gasteiger partial charge on any atom is -0.456 e. The van der Waals surface area contributed by atoms with Gasteiger partial charge in [0, 0.05) is 17.7 Å². The fourth-order valence-electron chi connectivity index (χ4n) is 1.82. The largest absolute Gasteiger partial charge is 0.456 e. The second-order valence-electron chi connectivity index (χ2n) is 4.73. The van der Waals surface area contributed by atoms with Gasteiger partial charge in [-0.05, 0) is 53.5 Å². The Labute approximate surface area is 135 Å². The molecule has 0 radical (unpaired) electrons. The van der Waals surface area contributed by atoms with E-state index < -0.39 is 11.9 Å². The summed E-state index contributed by atoms with van der Waals surface area (Å²) in [6, 6.07) is 5.00. The first-order valence-corrected chi connectivity index (χ1v) is 7.34. The first-order valence-electron chi connectivity index (χ1n) is 6.17. The van der Waals surface area contributed by atoms with E-state index in [1.165, 1.54) is 18.2 Å². The molecule has 2 aromatic rings. The number of hydrogen-bond acceptors (Lipinski definition) is 2. The maximum Gasteiger partial charge on any atom is 0.145 e. The summed E-state index contributed by atoms with van der Waals surface area (Å²) in [6.07, 6.45) is 0. The minimum absolute atomic E-state index is 0.0167. The van der Waals surface area contributed by atoms with Gasteiger partial charge in [0.2, 0.25) is 0 Å². The maximum atomic E-state index is 13.7. The van der Waals surface area contributed by atoms with Crippen LogP contribution in [0.25, 0.3) is 0 Å². The third-order valence-corrected chi connectivity index (χ3v) is 3.89. The van der Waals surface area contributed by atoms with Gasteiger partial charge in [-0.1, -0.05) is 11.6 Å². The summed E-state index contributed by atoms with van der Waals surface area (Å²) < 4.78 is 33.4. The quantitative estimate of drug-likeness (QED) is 0.718. The molecule has 1 atom stereocenters. The molecule has 0 aliphatic rings.